The summed E-state index contributed by atoms with van der Waals surface area (Å²) in [6.07, 6.45) is 0.825. The maximum Gasteiger partial charge on any atom is 0.189 e. The van der Waals surface area contributed by atoms with Crippen LogP contribution in [0.15, 0.2) is 45.8 Å². The molecule has 1 unspecified atom stereocenters. The standard InChI is InChI=1S/C18H20N2O3/c1-11-6-12(2)18-14(7-11)15(21)8-13(20-18)9-19-10-16(22)17-4-3-5-23-17/h3-8,16,19,22H,9-10H2,1-2H3,(H,20,21). The first-order valence-electron chi connectivity index (χ1n) is 7.60. The van der Waals surface area contributed by atoms with Gasteiger partial charge in [-0.3, -0.25) is 4.79 Å². The molecule has 120 valence electrons. The number of aliphatic hydroxyl groups is 1. The number of aryl methyl sites for hydroxylation is 2. The molecule has 0 spiro atoms. The van der Waals surface area contributed by atoms with Gasteiger partial charge in [-0.25, -0.2) is 0 Å². The van der Waals surface area contributed by atoms with Crippen LogP contribution in [-0.4, -0.2) is 16.6 Å². The quantitative estimate of drug-likeness (QED) is 0.676. The Balaban J connectivity index is 1.75. The third-order valence-electron chi connectivity index (χ3n) is 3.86. The van der Waals surface area contributed by atoms with Gasteiger partial charge in [0, 0.05) is 30.2 Å². The highest BCUT2D eigenvalue weighted by molar-refractivity contribution is 5.82. The molecule has 0 saturated carbocycles. The number of aliphatic hydroxyl groups excluding tert-OH is 1. The minimum Gasteiger partial charge on any atom is -0.467 e. The summed E-state index contributed by atoms with van der Waals surface area (Å²) >= 11 is 0. The van der Waals surface area contributed by atoms with Crippen molar-refractivity contribution in [3.8, 4) is 0 Å². The molecule has 23 heavy (non-hydrogen) atoms. The predicted molar refractivity (Wildman–Crippen MR) is 89.4 cm³/mol. The van der Waals surface area contributed by atoms with Gasteiger partial charge in [0.25, 0.3) is 0 Å². The van der Waals surface area contributed by atoms with Crippen molar-refractivity contribution in [2.24, 2.45) is 0 Å². The maximum absolute atomic E-state index is 12.3. The predicted octanol–water partition coefficient (Wildman–Crippen LogP) is 2.56. The molecule has 5 nitrogen and oxygen atoms in total. The number of rotatable bonds is 5. The number of aromatic nitrogens is 1. The molecule has 5 heteroatoms. The Morgan fingerprint density at radius 2 is 2.13 bits per heavy atom. The van der Waals surface area contributed by atoms with E-state index in [2.05, 4.69) is 16.4 Å². The van der Waals surface area contributed by atoms with Gasteiger partial charge in [-0.15, -0.1) is 0 Å². The summed E-state index contributed by atoms with van der Waals surface area (Å²) in [5, 5.41) is 13.8. The molecular formula is C18H20N2O3. The minimum absolute atomic E-state index is 0.00827. The van der Waals surface area contributed by atoms with Gasteiger partial charge in [0.1, 0.15) is 11.9 Å². The molecule has 0 saturated heterocycles. The molecule has 3 N–H and O–H groups in total. The van der Waals surface area contributed by atoms with E-state index in [9.17, 15) is 9.90 Å². The molecule has 3 aromatic rings. The molecule has 0 aliphatic carbocycles. The van der Waals surface area contributed by atoms with Crippen molar-refractivity contribution in [1.82, 2.24) is 10.3 Å². The number of pyridine rings is 1. The molecule has 0 bridgehead atoms. The average Bonchev–Trinajstić information content (AvgIpc) is 3.03. The van der Waals surface area contributed by atoms with Gasteiger partial charge in [0.15, 0.2) is 5.43 Å². The first-order chi connectivity index (χ1) is 11.0. The summed E-state index contributed by atoms with van der Waals surface area (Å²) in [7, 11) is 0. The lowest BCUT2D eigenvalue weighted by Crippen LogP contribution is -2.22. The van der Waals surface area contributed by atoms with E-state index in [1.165, 1.54) is 6.26 Å². The average molecular weight is 312 g/mol. The summed E-state index contributed by atoms with van der Waals surface area (Å²) in [5.74, 6) is 0.524. The second kappa shape index (κ2) is 6.40. The SMILES string of the molecule is Cc1cc(C)c2[nH]c(CNCC(O)c3ccco3)cc(=O)c2c1. The number of furan rings is 1. The molecule has 0 radical (unpaired) electrons. The first kappa shape index (κ1) is 15.5. The van der Waals surface area contributed by atoms with Crippen molar-refractivity contribution in [2.75, 3.05) is 6.54 Å². The van der Waals surface area contributed by atoms with Crippen molar-refractivity contribution in [2.45, 2.75) is 26.5 Å². The molecule has 0 amide bonds. The van der Waals surface area contributed by atoms with Crippen LogP contribution < -0.4 is 10.7 Å². The van der Waals surface area contributed by atoms with Gasteiger partial charge in [0.05, 0.1) is 11.8 Å². The van der Waals surface area contributed by atoms with E-state index in [1.54, 1.807) is 18.2 Å². The number of hydrogen-bond acceptors (Lipinski definition) is 4. The van der Waals surface area contributed by atoms with Crippen LogP contribution in [0, 0.1) is 13.8 Å². The van der Waals surface area contributed by atoms with Gasteiger partial charge in [-0.05, 0) is 43.2 Å². The zero-order valence-corrected chi connectivity index (χ0v) is 13.2. The Kier molecular flexibility index (Phi) is 4.32. The van der Waals surface area contributed by atoms with E-state index in [-0.39, 0.29) is 5.43 Å². The first-order valence-corrected chi connectivity index (χ1v) is 7.60. The molecular weight excluding hydrogens is 292 g/mol. The second-order valence-corrected chi connectivity index (χ2v) is 5.83. The van der Waals surface area contributed by atoms with Crippen molar-refractivity contribution in [3.63, 3.8) is 0 Å². The van der Waals surface area contributed by atoms with E-state index in [0.717, 1.165) is 22.3 Å². The van der Waals surface area contributed by atoms with Gasteiger partial charge in [0.2, 0.25) is 0 Å². The lowest BCUT2D eigenvalue weighted by molar-refractivity contribution is 0.147. The van der Waals surface area contributed by atoms with Crippen LogP contribution in [-0.2, 0) is 6.54 Å². The fourth-order valence-corrected chi connectivity index (χ4v) is 2.78. The molecule has 2 heterocycles. The molecule has 3 rings (SSSR count). The van der Waals surface area contributed by atoms with Crippen molar-refractivity contribution in [1.29, 1.82) is 0 Å². The van der Waals surface area contributed by atoms with Crippen molar-refractivity contribution in [3.05, 3.63) is 69.4 Å². The van der Waals surface area contributed by atoms with Crippen LogP contribution >= 0.6 is 0 Å². The topological polar surface area (TPSA) is 78.3 Å². The van der Waals surface area contributed by atoms with Crippen molar-refractivity contribution >= 4 is 10.9 Å². The molecule has 1 aromatic carbocycles. The van der Waals surface area contributed by atoms with Crippen LogP contribution in [0.25, 0.3) is 10.9 Å². The van der Waals surface area contributed by atoms with E-state index >= 15 is 0 Å². The van der Waals surface area contributed by atoms with Crippen LogP contribution in [0.4, 0.5) is 0 Å². The van der Waals surface area contributed by atoms with Gasteiger partial charge < -0.3 is 19.8 Å². The number of nitrogens with one attached hydrogen (secondary N) is 2. The Labute approximate surface area is 134 Å². The van der Waals surface area contributed by atoms with Crippen LogP contribution in [0.3, 0.4) is 0 Å². The second-order valence-electron chi connectivity index (χ2n) is 5.83. The van der Waals surface area contributed by atoms with E-state index in [0.29, 0.717) is 24.2 Å². The summed E-state index contributed by atoms with van der Waals surface area (Å²) < 4.78 is 5.15. The van der Waals surface area contributed by atoms with E-state index in [4.69, 9.17) is 4.42 Å². The summed E-state index contributed by atoms with van der Waals surface area (Å²) in [4.78, 5) is 15.6. The monoisotopic (exact) mass is 312 g/mol. The molecule has 0 aliphatic heterocycles. The highest BCUT2D eigenvalue weighted by Crippen LogP contribution is 2.16. The Morgan fingerprint density at radius 1 is 1.30 bits per heavy atom. The fraction of sp³-hybridized carbons (Fsp3) is 0.278. The highest BCUT2D eigenvalue weighted by Gasteiger charge is 2.10. The normalized spacial score (nSPS) is 12.7. The zero-order valence-electron chi connectivity index (χ0n) is 13.2. The maximum atomic E-state index is 12.3. The molecule has 1 atom stereocenters. The third-order valence-corrected chi connectivity index (χ3v) is 3.86. The Bertz CT molecular complexity index is 866. The number of benzene rings is 1. The lowest BCUT2D eigenvalue weighted by Gasteiger charge is -2.11. The van der Waals surface area contributed by atoms with Crippen LogP contribution in [0.2, 0.25) is 0 Å². The van der Waals surface area contributed by atoms with Gasteiger partial charge >= 0.3 is 0 Å². The largest absolute Gasteiger partial charge is 0.467 e. The summed E-state index contributed by atoms with van der Waals surface area (Å²) in [5.41, 5.74) is 3.80. The molecule has 0 aliphatic rings. The van der Waals surface area contributed by atoms with Crippen molar-refractivity contribution < 1.29 is 9.52 Å². The van der Waals surface area contributed by atoms with Gasteiger partial charge in [-0.1, -0.05) is 6.07 Å². The third kappa shape index (κ3) is 3.36. The summed E-state index contributed by atoms with van der Waals surface area (Å²) in [6.45, 7) is 4.79. The van der Waals surface area contributed by atoms with Gasteiger partial charge in [-0.2, -0.15) is 0 Å². The lowest BCUT2D eigenvalue weighted by atomic mass is 10.1. The number of aromatic amines is 1. The smallest absolute Gasteiger partial charge is 0.189 e. The zero-order chi connectivity index (χ0) is 16.4. The van der Waals surface area contributed by atoms with E-state index in [1.807, 2.05) is 19.9 Å². The Morgan fingerprint density at radius 3 is 2.87 bits per heavy atom. The number of fused-ring (bicyclic) bond motifs is 1. The minimum atomic E-state index is -0.707. The highest BCUT2D eigenvalue weighted by atomic mass is 16.4. The summed E-state index contributed by atoms with van der Waals surface area (Å²) in [6, 6.07) is 9.03. The Hall–Kier alpha value is -2.37. The molecule has 2 aromatic heterocycles. The number of hydrogen-bond donors (Lipinski definition) is 3. The van der Waals surface area contributed by atoms with E-state index < -0.39 is 6.10 Å². The number of H-pyrrole nitrogens is 1. The van der Waals surface area contributed by atoms with Crippen LogP contribution in [0.1, 0.15) is 28.7 Å². The fourth-order valence-electron chi connectivity index (χ4n) is 2.78. The molecule has 0 fully saturated rings. The van der Waals surface area contributed by atoms with Crippen LogP contribution in [0.5, 0.6) is 0 Å².